The summed E-state index contributed by atoms with van der Waals surface area (Å²) in [6.07, 6.45) is 3.97. The number of pyridine rings is 1. The molecular weight excluding hydrogens is 433 g/mol. The molecule has 7 nitrogen and oxygen atoms in total. The second kappa shape index (κ2) is 10.1. The molecule has 0 unspecified atom stereocenters. The van der Waals surface area contributed by atoms with E-state index < -0.39 is 17.9 Å². The van der Waals surface area contributed by atoms with Crippen molar-refractivity contribution >= 4 is 28.8 Å². The van der Waals surface area contributed by atoms with E-state index in [0.717, 1.165) is 23.0 Å². The average Bonchev–Trinajstić information content (AvgIpc) is 2.85. The fourth-order valence-electron chi connectivity index (χ4n) is 3.52. The van der Waals surface area contributed by atoms with Crippen LogP contribution < -0.4 is 15.8 Å². The number of ether oxygens (including phenoxy) is 1. The zero-order chi connectivity index (χ0) is 24.3. The summed E-state index contributed by atoms with van der Waals surface area (Å²) in [5, 5.41) is 6.78. The van der Waals surface area contributed by atoms with Crippen molar-refractivity contribution < 1.29 is 11.9 Å². The van der Waals surface area contributed by atoms with Crippen LogP contribution in [0.1, 0.15) is 22.5 Å². The monoisotopic (exact) mass is 459 g/mol. The summed E-state index contributed by atoms with van der Waals surface area (Å²) < 4.78 is 36.5. The second-order valence-electron chi connectivity index (χ2n) is 7.37. The molecule has 0 spiro atoms. The largest absolute Gasteiger partial charge is 0.382 e. The maximum atomic E-state index is 13.2. The van der Waals surface area contributed by atoms with Crippen LogP contribution in [0.25, 0.3) is 5.69 Å². The zero-order valence-corrected chi connectivity index (χ0v) is 18.3. The third kappa shape index (κ3) is 4.92. The zero-order valence-electron chi connectivity index (χ0n) is 19.6. The Morgan fingerprint density at radius 3 is 2.78 bits per heavy atom. The number of halogens is 2. The van der Waals surface area contributed by atoms with Crippen LogP contribution >= 0.6 is 11.6 Å². The van der Waals surface area contributed by atoms with E-state index in [0.29, 0.717) is 37.7 Å². The number of benzene rings is 1. The minimum atomic E-state index is -1.80. The van der Waals surface area contributed by atoms with Gasteiger partial charge in [0, 0.05) is 28.1 Å². The predicted octanol–water partition coefficient (Wildman–Crippen LogP) is 4.42. The first-order chi connectivity index (χ1) is 16.3. The van der Waals surface area contributed by atoms with Gasteiger partial charge >= 0.3 is 0 Å². The van der Waals surface area contributed by atoms with Crippen molar-refractivity contribution in [2.75, 3.05) is 36.5 Å². The molecular formula is C23H25ClFN5O2. The molecule has 3 heterocycles. The second-order valence-corrected chi connectivity index (χ2v) is 7.75. The van der Waals surface area contributed by atoms with Crippen LogP contribution in [-0.4, -0.2) is 41.0 Å². The number of rotatable bonds is 7. The van der Waals surface area contributed by atoms with Gasteiger partial charge in [-0.3, -0.25) is 4.79 Å². The lowest BCUT2D eigenvalue weighted by molar-refractivity contribution is 0.0595. The normalized spacial score (nSPS) is 17.4. The van der Waals surface area contributed by atoms with Crippen LogP contribution in [0.3, 0.4) is 0 Å². The highest BCUT2D eigenvalue weighted by Gasteiger charge is 2.16. The van der Waals surface area contributed by atoms with E-state index in [9.17, 15) is 9.18 Å². The molecule has 1 fully saturated rings. The third-order valence-corrected chi connectivity index (χ3v) is 5.57. The van der Waals surface area contributed by atoms with E-state index in [1.807, 2.05) is 11.8 Å². The van der Waals surface area contributed by atoms with Gasteiger partial charge in [0.2, 0.25) is 0 Å². The Balaban J connectivity index is 1.56. The molecule has 0 radical (unpaired) electrons. The highest BCUT2D eigenvalue weighted by atomic mass is 35.5. The number of hydrogen-bond acceptors (Lipinski definition) is 6. The van der Waals surface area contributed by atoms with Crippen LogP contribution in [0.2, 0.25) is 5.02 Å². The van der Waals surface area contributed by atoms with Gasteiger partial charge in [-0.15, -0.1) is 0 Å². The van der Waals surface area contributed by atoms with Gasteiger partial charge in [-0.05, 0) is 62.1 Å². The number of anilines is 3. The lowest BCUT2D eigenvalue weighted by Crippen LogP contribution is -2.26. The summed E-state index contributed by atoms with van der Waals surface area (Å²) in [7, 11) is 0. The molecule has 1 aromatic carbocycles. The molecule has 168 valence electrons. The van der Waals surface area contributed by atoms with Crippen molar-refractivity contribution in [1.82, 2.24) is 14.8 Å². The van der Waals surface area contributed by atoms with Crippen molar-refractivity contribution in [2.24, 2.45) is 5.92 Å². The average molecular weight is 460 g/mol. The van der Waals surface area contributed by atoms with Crippen LogP contribution in [0.15, 0.2) is 53.6 Å². The molecule has 0 bridgehead atoms. The molecule has 1 N–H and O–H groups in total. The molecule has 1 saturated heterocycles. The summed E-state index contributed by atoms with van der Waals surface area (Å²) in [6.45, 7) is 1.69. The maximum Gasteiger partial charge on any atom is 0.292 e. The van der Waals surface area contributed by atoms with E-state index in [-0.39, 0.29) is 16.6 Å². The van der Waals surface area contributed by atoms with E-state index in [4.69, 9.17) is 19.1 Å². The lowest BCUT2D eigenvalue weighted by atomic mass is 10.0. The van der Waals surface area contributed by atoms with Gasteiger partial charge in [-0.25, -0.2) is 9.37 Å². The Hall–Kier alpha value is -2.97. The Morgan fingerprint density at radius 1 is 1.31 bits per heavy atom. The first-order valence-electron chi connectivity index (χ1n) is 11.4. The Morgan fingerprint density at radius 2 is 2.12 bits per heavy atom. The van der Waals surface area contributed by atoms with Gasteiger partial charge in [0.15, 0.2) is 0 Å². The summed E-state index contributed by atoms with van der Waals surface area (Å²) in [6, 6.07) is 10.0. The summed E-state index contributed by atoms with van der Waals surface area (Å²) in [5.41, 5.74) is 0.872. The van der Waals surface area contributed by atoms with Gasteiger partial charge < -0.3 is 15.0 Å². The van der Waals surface area contributed by atoms with Crippen LogP contribution in [0.4, 0.5) is 21.6 Å². The number of nitrogens with one attached hydrogen (secondary N) is 1. The van der Waals surface area contributed by atoms with E-state index >= 15 is 0 Å². The van der Waals surface area contributed by atoms with Crippen LogP contribution in [-0.2, 0) is 4.74 Å². The smallest absolute Gasteiger partial charge is 0.292 e. The van der Waals surface area contributed by atoms with E-state index in [1.165, 1.54) is 12.3 Å². The minimum Gasteiger partial charge on any atom is -0.382 e. The molecule has 32 heavy (non-hydrogen) atoms. The third-order valence-electron chi connectivity index (χ3n) is 5.20. The SMILES string of the molecule is [2H]C([2H])(Nc1cnn(-c2ccc(N(CC)c3ccc(F)cn3)cc2)c(=O)c1Cl)[C@H]1CCCOC1. The van der Waals surface area contributed by atoms with Crippen molar-refractivity contribution in [3.05, 3.63) is 70.0 Å². The van der Waals surface area contributed by atoms with Gasteiger partial charge in [0.1, 0.15) is 16.7 Å². The van der Waals surface area contributed by atoms with Crippen molar-refractivity contribution in [3.8, 4) is 5.69 Å². The summed E-state index contributed by atoms with van der Waals surface area (Å²) in [5.74, 6) is -0.164. The molecule has 9 heteroatoms. The maximum absolute atomic E-state index is 13.2. The van der Waals surface area contributed by atoms with Gasteiger partial charge in [0.25, 0.3) is 5.56 Å². The van der Waals surface area contributed by atoms with Gasteiger partial charge in [-0.2, -0.15) is 9.78 Å². The summed E-state index contributed by atoms with van der Waals surface area (Å²) in [4.78, 5) is 18.9. The molecule has 1 aliphatic rings. The van der Waals surface area contributed by atoms with E-state index in [1.54, 1.807) is 30.3 Å². The number of hydrogen-bond donors (Lipinski definition) is 1. The molecule has 2 aromatic heterocycles. The Bertz CT molecular complexity index is 1190. The van der Waals surface area contributed by atoms with Crippen molar-refractivity contribution in [2.45, 2.75) is 19.8 Å². The summed E-state index contributed by atoms with van der Waals surface area (Å²) >= 11 is 6.31. The standard InChI is InChI=1S/C23H25ClFN5O2/c1-2-29(21-10-5-17(25)13-27-21)18-6-8-19(9-7-18)30-23(31)22(24)20(14-28-30)26-12-16-4-3-11-32-15-16/h5-10,13-14,16,26H,2-4,11-12,15H2,1H3/t16-/m1/s1/i12D2. The quantitative estimate of drug-likeness (QED) is 0.564. The Labute approximate surface area is 193 Å². The fraction of sp³-hybridized carbons (Fsp3) is 0.348. The first kappa shape index (κ1) is 19.7. The molecule has 0 aliphatic carbocycles. The molecule has 4 rings (SSSR count). The molecule has 3 aromatic rings. The van der Waals surface area contributed by atoms with Gasteiger partial charge in [-0.1, -0.05) is 11.6 Å². The fourth-order valence-corrected chi connectivity index (χ4v) is 3.69. The predicted molar refractivity (Wildman–Crippen MR) is 124 cm³/mol. The molecule has 1 atom stereocenters. The topological polar surface area (TPSA) is 72.3 Å². The number of nitrogens with zero attached hydrogens (tertiary/aromatic N) is 4. The number of aromatic nitrogens is 3. The molecule has 0 saturated carbocycles. The first-order valence-corrected chi connectivity index (χ1v) is 10.8. The Kier molecular flexibility index (Phi) is 6.22. The minimum absolute atomic E-state index is 0.134. The van der Waals surface area contributed by atoms with Gasteiger partial charge in [0.05, 0.1) is 30.4 Å². The molecule has 0 amide bonds. The van der Waals surface area contributed by atoms with Crippen molar-refractivity contribution in [3.63, 3.8) is 0 Å². The van der Waals surface area contributed by atoms with E-state index in [2.05, 4.69) is 15.4 Å². The lowest BCUT2D eigenvalue weighted by Gasteiger charge is -2.23. The molecule has 1 aliphatic heterocycles. The van der Waals surface area contributed by atoms with Crippen LogP contribution in [0, 0.1) is 11.7 Å². The highest BCUT2D eigenvalue weighted by molar-refractivity contribution is 6.32. The van der Waals surface area contributed by atoms with Crippen LogP contribution in [0.5, 0.6) is 0 Å². The highest BCUT2D eigenvalue weighted by Crippen LogP contribution is 2.25. The van der Waals surface area contributed by atoms with Crippen molar-refractivity contribution in [1.29, 1.82) is 0 Å².